The number of imide groups is 1. The van der Waals surface area contributed by atoms with Crippen LogP contribution in [0.1, 0.15) is 0 Å². The molecular formula is C10F15NO2. The van der Waals surface area contributed by atoms with Crippen LogP contribution < -0.4 is 0 Å². The molecular weight excluding hydrogens is 451 g/mol. The monoisotopic (exact) mass is 451 g/mol. The van der Waals surface area contributed by atoms with Crippen LogP contribution in [-0.4, -0.2) is 64.0 Å². The zero-order chi connectivity index (χ0) is 22.7. The summed E-state index contributed by atoms with van der Waals surface area (Å²) in [7, 11) is 0. The van der Waals surface area contributed by atoms with E-state index in [-0.39, 0.29) is 0 Å². The highest BCUT2D eigenvalue weighted by molar-refractivity contribution is 6.09. The minimum Gasteiger partial charge on any atom is -0.270 e. The second-order valence-corrected chi connectivity index (χ2v) is 5.60. The van der Waals surface area contributed by atoms with Gasteiger partial charge >= 0.3 is 53.2 Å². The molecule has 2 aliphatic rings. The SMILES string of the molecule is O=C1N(C(F)(F)F)C(=O)C2(F)C(F)(F)C(F)(F)C(F)(F)C(F)(F)C2(F)C1(F)F. The van der Waals surface area contributed by atoms with E-state index in [2.05, 4.69) is 0 Å². The van der Waals surface area contributed by atoms with Gasteiger partial charge in [-0.15, -0.1) is 13.2 Å². The fourth-order valence-electron chi connectivity index (χ4n) is 2.72. The van der Waals surface area contributed by atoms with Crippen molar-refractivity contribution in [3.8, 4) is 0 Å². The summed E-state index contributed by atoms with van der Waals surface area (Å²) in [6.07, 6.45) is -6.95. The fourth-order valence-corrected chi connectivity index (χ4v) is 2.72. The van der Waals surface area contributed by atoms with Crippen LogP contribution in [0.4, 0.5) is 65.9 Å². The number of carbonyl (C=O) groups excluding carboxylic acids is 2. The Balaban J connectivity index is 3.10. The molecule has 2 atom stereocenters. The van der Waals surface area contributed by atoms with Crippen molar-refractivity contribution < 1.29 is 75.4 Å². The minimum atomic E-state index is -7.98. The third kappa shape index (κ3) is 1.69. The highest BCUT2D eigenvalue weighted by Crippen LogP contribution is 2.73. The van der Waals surface area contributed by atoms with E-state index in [0.29, 0.717) is 0 Å². The Morgan fingerprint density at radius 2 is 0.929 bits per heavy atom. The van der Waals surface area contributed by atoms with E-state index in [1.165, 1.54) is 0 Å². The smallest absolute Gasteiger partial charge is 0.270 e. The number of fused-ring (bicyclic) bond motifs is 1. The molecule has 0 bridgehead atoms. The van der Waals surface area contributed by atoms with Crippen molar-refractivity contribution >= 4 is 11.8 Å². The highest BCUT2D eigenvalue weighted by Gasteiger charge is 3.08. The topological polar surface area (TPSA) is 37.4 Å². The maximum absolute atomic E-state index is 14.4. The molecule has 3 nitrogen and oxygen atoms in total. The van der Waals surface area contributed by atoms with Crippen LogP contribution in [0.25, 0.3) is 0 Å². The number of alkyl halides is 15. The van der Waals surface area contributed by atoms with Gasteiger partial charge in [0.05, 0.1) is 0 Å². The molecule has 0 aromatic rings. The molecule has 0 aromatic carbocycles. The number of piperidine rings is 1. The van der Waals surface area contributed by atoms with Crippen molar-refractivity contribution in [1.82, 2.24) is 4.90 Å². The van der Waals surface area contributed by atoms with E-state index < -0.39 is 64.0 Å². The molecule has 2 amide bonds. The van der Waals surface area contributed by atoms with Crippen LogP contribution in [0.3, 0.4) is 0 Å². The average Bonchev–Trinajstić information content (AvgIpc) is 2.48. The van der Waals surface area contributed by atoms with E-state index in [1.54, 1.807) is 0 Å². The first kappa shape index (κ1) is 22.4. The molecule has 0 aromatic heterocycles. The van der Waals surface area contributed by atoms with Crippen LogP contribution in [0.15, 0.2) is 0 Å². The zero-order valence-corrected chi connectivity index (χ0v) is 11.9. The summed E-state index contributed by atoms with van der Waals surface area (Å²) in [6, 6.07) is 0. The van der Waals surface area contributed by atoms with E-state index in [9.17, 15) is 75.4 Å². The average molecular weight is 451 g/mol. The number of hydrogen-bond acceptors (Lipinski definition) is 2. The summed E-state index contributed by atoms with van der Waals surface area (Å²) >= 11 is 0. The molecule has 1 saturated carbocycles. The number of nitrogens with zero attached hydrogens (tertiary/aromatic N) is 1. The van der Waals surface area contributed by atoms with Gasteiger partial charge in [0.2, 0.25) is 0 Å². The molecule has 2 fully saturated rings. The van der Waals surface area contributed by atoms with E-state index in [0.717, 1.165) is 0 Å². The molecule has 2 unspecified atom stereocenters. The summed E-state index contributed by atoms with van der Waals surface area (Å²) in [5, 5.41) is 0. The van der Waals surface area contributed by atoms with Gasteiger partial charge in [0.15, 0.2) is 0 Å². The van der Waals surface area contributed by atoms with Crippen molar-refractivity contribution in [3.63, 3.8) is 0 Å². The van der Waals surface area contributed by atoms with E-state index >= 15 is 0 Å². The number of hydrogen-bond donors (Lipinski definition) is 0. The third-order valence-electron chi connectivity index (χ3n) is 4.18. The number of rotatable bonds is 0. The summed E-state index contributed by atoms with van der Waals surface area (Å²) < 4.78 is 201. The Morgan fingerprint density at radius 3 is 1.29 bits per heavy atom. The molecule has 162 valence electrons. The van der Waals surface area contributed by atoms with Crippen molar-refractivity contribution in [2.24, 2.45) is 0 Å². The Kier molecular flexibility index (Phi) is 3.83. The van der Waals surface area contributed by atoms with Crippen molar-refractivity contribution in [2.75, 3.05) is 0 Å². The summed E-state index contributed by atoms with van der Waals surface area (Å²) in [5.74, 6) is -48.3. The molecule has 2 rings (SSSR count). The molecule has 1 heterocycles. The summed E-state index contributed by atoms with van der Waals surface area (Å²) in [5.41, 5.74) is -15.5. The van der Waals surface area contributed by atoms with Crippen molar-refractivity contribution in [2.45, 2.75) is 47.3 Å². The number of likely N-dealkylation sites (tertiary alicyclic amines) is 1. The van der Waals surface area contributed by atoms with Crippen LogP contribution in [-0.2, 0) is 9.59 Å². The maximum atomic E-state index is 14.4. The first-order valence-corrected chi connectivity index (χ1v) is 6.16. The predicted molar refractivity (Wildman–Crippen MR) is 50.3 cm³/mol. The number of halogens is 15. The van der Waals surface area contributed by atoms with Crippen LogP contribution in [0.2, 0.25) is 0 Å². The molecule has 1 aliphatic carbocycles. The number of carbonyl (C=O) groups is 2. The van der Waals surface area contributed by atoms with Gasteiger partial charge in [0.1, 0.15) is 0 Å². The highest BCUT2D eigenvalue weighted by atomic mass is 19.4. The second kappa shape index (κ2) is 4.80. The van der Waals surface area contributed by atoms with Gasteiger partial charge in [-0.05, 0) is 0 Å². The third-order valence-corrected chi connectivity index (χ3v) is 4.18. The van der Waals surface area contributed by atoms with Gasteiger partial charge in [-0.1, -0.05) is 0 Å². The Labute approximate surface area is 141 Å². The zero-order valence-electron chi connectivity index (χ0n) is 11.9. The van der Waals surface area contributed by atoms with E-state index in [1.807, 2.05) is 0 Å². The fraction of sp³-hybridized carbons (Fsp3) is 0.800. The lowest BCUT2D eigenvalue weighted by atomic mass is 9.60. The summed E-state index contributed by atoms with van der Waals surface area (Å²) in [4.78, 5) is 19.1. The van der Waals surface area contributed by atoms with Crippen LogP contribution in [0, 0.1) is 0 Å². The minimum absolute atomic E-state index is 3.17. The van der Waals surface area contributed by atoms with Crippen molar-refractivity contribution in [3.05, 3.63) is 0 Å². The first-order chi connectivity index (χ1) is 11.9. The molecule has 1 aliphatic heterocycles. The van der Waals surface area contributed by atoms with Crippen LogP contribution in [0.5, 0.6) is 0 Å². The molecule has 18 heteroatoms. The summed E-state index contributed by atoms with van der Waals surface area (Å²) in [6.45, 7) is 0. The standard InChI is InChI=1S/C10F15NO2/c11-3-1(27)26(10(23,24)25)2(28)4(12,13)5(3,14)7(17,18)9(21,22)8(19,20)6(3,15)16. The van der Waals surface area contributed by atoms with Gasteiger partial charge < -0.3 is 0 Å². The largest absolute Gasteiger partial charge is 0.494 e. The molecule has 0 radical (unpaired) electrons. The first-order valence-electron chi connectivity index (χ1n) is 6.16. The Morgan fingerprint density at radius 1 is 0.571 bits per heavy atom. The lowest BCUT2D eigenvalue weighted by molar-refractivity contribution is -0.478. The van der Waals surface area contributed by atoms with Gasteiger partial charge in [-0.3, -0.25) is 9.59 Å². The number of amides is 2. The second-order valence-electron chi connectivity index (χ2n) is 5.60. The molecule has 1 saturated heterocycles. The quantitative estimate of drug-likeness (QED) is 0.322. The van der Waals surface area contributed by atoms with Gasteiger partial charge in [-0.25, -0.2) is 8.78 Å². The maximum Gasteiger partial charge on any atom is 0.494 e. The van der Waals surface area contributed by atoms with Crippen molar-refractivity contribution in [1.29, 1.82) is 0 Å². The lowest BCUT2D eigenvalue weighted by Gasteiger charge is -2.58. The molecule has 0 spiro atoms. The Hall–Kier alpha value is -1.91. The van der Waals surface area contributed by atoms with Gasteiger partial charge in [-0.2, -0.15) is 48.8 Å². The molecule has 28 heavy (non-hydrogen) atoms. The Bertz CT molecular complexity index is 756. The van der Waals surface area contributed by atoms with E-state index in [4.69, 9.17) is 0 Å². The van der Waals surface area contributed by atoms with Gasteiger partial charge in [0, 0.05) is 0 Å². The van der Waals surface area contributed by atoms with Crippen LogP contribution >= 0.6 is 0 Å². The van der Waals surface area contributed by atoms with Gasteiger partial charge in [0.25, 0.3) is 5.91 Å². The lowest BCUT2D eigenvalue weighted by Crippen LogP contribution is -2.94. The predicted octanol–water partition coefficient (Wildman–Crippen LogP) is 3.48. The molecule has 0 N–H and O–H groups in total. The normalized spacial score (nSPS) is 38.2.